The van der Waals surface area contributed by atoms with Crippen LogP contribution in [0.3, 0.4) is 0 Å². The van der Waals surface area contributed by atoms with Crippen molar-refractivity contribution in [3.8, 4) is 0 Å². The molecule has 150 valence electrons. The summed E-state index contributed by atoms with van der Waals surface area (Å²) in [5, 5.41) is 9.37. The van der Waals surface area contributed by atoms with Crippen LogP contribution in [0.2, 0.25) is 0 Å². The van der Waals surface area contributed by atoms with Crippen molar-refractivity contribution in [1.29, 1.82) is 0 Å². The van der Waals surface area contributed by atoms with Crippen LogP contribution in [-0.2, 0) is 6.42 Å². The molecule has 1 fully saturated rings. The first-order chi connectivity index (χ1) is 13.1. The third-order valence-electron chi connectivity index (χ3n) is 5.03. The lowest BCUT2D eigenvalue weighted by molar-refractivity contribution is 0.0963. The molecule has 6 nitrogen and oxygen atoms in total. The number of piperidine rings is 1. The topological polar surface area (TPSA) is 68.8 Å². The second-order valence-electron chi connectivity index (χ2n) is 7.24. The van der Waals surface area contributed by atoms with Crippen molar-refractivity contribution in [2.45, 2.75) is 33.1 Å². The van der Waals surface area contributed by atoms with Crippen LogP contribution >= 0.6 is 0 Å². The van der Waals surface area contributed by atoms with Gasteiger partial charge < -0.3 is 20.9 Å². The summed E-state index contributed by atoms with van der Waals surface area (Å²) in [5.74, 6) is 1.68. The van der Waals surface area contributed by atoms with Crippen molar-refractivity contribution in [1.82, 2.24) is 20.9 Å². The van der Waals surface area contributed by atoms with Crippen LogP contribution in [0, 0.1) is 5.92 Å². The van der Waals surface area contributed by atoms with E-state index in [4.69, 9.17) is 4.99 Å². The molecule has 1 aromatic rings. The maximum absolute atomic E-state index is 11.7. The standard InChI is InChI=1S/C21H35N5O/c1-4-23-21(25-12-15-26-13-9-17(2)10-14-26)24-11-8-18-6-5-7-19(16-18)20(27)22-3/h5-7,16-17H,4,8-15H2,1-3H3,(H,22,27)(H2,23,24,25). The first kappa shape index (κ1) is 21.2. The summed E-state index contributed by atoms with van der Waals surface area (Å²) in [5.41, 5.74) is 1.84. The van der Waals surface area contributed by atoms with Gasteiger partial charge in [-0.05, 0) is 62.9 Å². The maximum Gasteiger partial charge on any atom is 0.251 e. The zero-order chi connectivity index (χ0) is 19.5. The Balaban J connectivity index is 1.77. The number of nitrogens with zero attached hydrogens (tertiary/aromatic N) is 2. The largest absolute Gasteiger partial charge is 0.357 e. The van der Waals surface area contributed by atoms with E-state index in [1.54, 1.807) is 7.05 Å². The summed E-state index contributed by atoms with van der Waals surface area (Å²) >= 11 is 0. The fraction of sp³-hybridized carbons (Fsp3) is 0.619. The third kappa shape index (κ3) is 7.59. The van der Waals surface area contributed by atoms with Gasteiger partial charge in [-0.1, -0.05) is 19.1 Å². The highest BCUT2D eigenvalue weighted by molar-refractivity contribution is 5.94. The average molecular weight is 374 g/mol. The summed E-state index contributed by atoms with van der Waals surface area (Å²) in [6.45, 7) is 10.3. The highest BCUT2D eigenvalue weighted by atomic mass is 16.1. The summed E-state index contributed by atoms with van der Waals surface area (Å²) in [7, 11) is 1.65. The Labute approximate surface area is 163 Å². The van der Waals surface area contributed by atoms with Gasteiger partial charge in [-0.15, -0.1) is 0 Å². The highest BCUT2D eigenvalue weighted by Gasteiger charge is 2.14. The quantitative estimate of drug-likeness (QED) is 0.481. The number of carbonyl (C=O) groups is 1. The molecule has 3 N–H and O–H groups in total. The van der Waals surface area contributed by atoms with Crippen molar-refractivity contribution >= 4 is 11.9 Å². The van der Waals surface area contributed by atoms with E-state index in [2.05, 4.69) is 40.8 Å². The number of carbonyl (C=O) groups excluding carboxylic acids is 1. The number of benzene rings is 1. The van der Waals surface area contributed by atoms with Crippen molar-refractivity contribution in [3.63, 3.8) is 0 Å². The minimum atomic E-state index is -0.0492. The molecule has 1 heterocycles. The zero-order valence-corrected chi connectivity index (χ0v) is 17.1. The Morgan fingerprint density at radius 3 is 2.74 bits per heavy atom. The summed E-state index contributed by atoms with van der Waals surface area (Å²) < 4.78 is 0. The Kier molecular flexibility index (Phi) is 9.11. The fourth-order valence-corrected chi connectivity index (χ4v) is 3.27. The number of hydrogen-bond acceptors (Lipinski definition) is 3. The molecule has 1 aliphatic heterocycles. The Bertz CT molecular complexity index is 608. The van der Waals surface area contributed by atoms with E-state index >= 15 is 0 Å². The Morgan fingerprint density at radius 1 is 1.26 bits per heavy atom. The molecule has 2 rings (SSSR count). The molecule has 6 heteroatoms. The van der Waals surface area contributed by atoms with Crippen LogP contribution in [0.25, 0.3) is 0 Å². The zero-order valence-electron chi connectivity index (χ0n) is 17.1. The van der Waals surface area contributed by atoms with Gasteiger partial charge in [0, 0.05) is 32.2 Å². The average Bonchev–Trinajstić information content (AvgIpc) is 2.69. The van der Waals surface area contributed by atoms with Crippen LogP contribution in [0.1, 0.15) is 42.6 Å². The number of aliphatic imine (C=N–C) groups is 1. The number of nitrogens with one attached hydrogen (secondary N) is 3. The van der Waals surface area contributed by atoms with E-state index in [0.29, 0.717) is 5.56 Å². The van der Waals surface area contributed by atoms with Crippen molar-refractivity contribution in [3.05, 3.63) is 35.4 Å². The molecule has 0 saturated carbocycles. The van der Waals surface area contributed by atoms with Crippen LogP contribution in [0.15, 0.2) is 29.3 Å². The van der Waals surface area contributed by atoms with E-state index in [1.165, 1.54) is 25.9 Å². The van der Waals surface area contributed by atoms with E-state index < -0.39 is 0 Å². The van der Waals surface area contributed by atoms with Crippen LogP contribution < -0.4 is 16.0 Å². The van der Waals surface area contributed by atoms with E-state index in [9.17, 15) is 4.79 Å². The molecular formula is C21H35N5O. The number of hydrogen-bond donors (Lipinski definition) is 3. The molecule has 1 saturated heterocycles. The maximum atomic E-state index is 11.7. The molecule has 0 radical (unpaired) electrons. The van der Waals surface area contributed by atoms with Gasteiger partial charge in [-0.25, -0.2) is 0 Å². The van der Waals surface area contributed by atoms with Crippen molar-refractivity contribution in [2.24, 2.45) is 10.9 Å². The second kappa shape index (κ2) is 11.6. The SMILES string of the molecule is CCNC(=NCCN1CCC(C)CC1)NCCc1cccc(C(=O)NC)c1. The van der Waals surface area contributed by atoms with Gasteiger partial charge in [0.15, 0.2) is 5.96 Å². The predicted octanol–water partition coefficient (Wildman–Crippen LogP) is 1.88. The summed E-state index contributed by atoms with van der Waals surface area (Å²) in [6.07, 6.45) is 3.45. The molecule has 1 amide bonds. The van der Waals surface area contributed by atoms with Gasteiger partial charge >= 0.3 is 0 Å². The molecule has 0 aromatic heterocycles. The van der Waals surface area contributed by atoms with E-state index in [-0.39, 0.29) is 5.91 Å². The van der Waals surface area contributed by atoms with Gasteiger partial charge in [-0.3, -0.25) is 9.79 Å². The number of amides is 1. The lowest BCUT2D eigenvalue weighted by atomic mass is 9.99. The van der Waals surface area contributed by atoms with E-state index in [1.807, 2.05) is 18.2 Å². The van der Waals surface area contributed by atoms with E-state index in [0.717, 1.165) is 50.0 Å². The number of rotatable bonds is 8. The predicted molar refractivity (Wildman–Crippen MR) is 112 cm³/mol. The smallest absolute Gasteiger partial charge is 0.251 e. The monoisotopic (exact) mass is 373 g/mol. The minimum Gasteiger partial charge on any atom is -0.357 e. The molecule has 0 spiro atoms. The fourth-order valence-electron chi connectivity index (χ4n) is 3.27. The van der Waals surface area contributed by atoms with Gasteiger partial charge in [0.05, 0.1) is 6.54 Å². The summed E-state index contributed by atoms with van der Waals surface area (Å²) in [6, 6.07) is 7.76. The van der Waals surface area contributed by atoms with Crippen molar-refractivity contribution < 1.29 is 4.79 Å². The van der Waals surface area contributed by atoms with Gasteiger partial charge in [0.25, 0.3) is 5.91 Å². The molecule has 0 bridgehead atoms. The van der Waals surface area contributed by atoms with Crippen LogP contribution in [0.4, 0.5) is 0 Å². The van der Waals surface area contributed by atoms with Crippen LogP contribution in [-0.4, -0.2) is 63.1 Å². The first-order valence-corrected chi connectivity index (χ1v) is 10.2. The molecule has 0 aliphatic carbocycles. The lowest BCUT2D eigenvalue weighted by Crippen LogP contribution is -2.39. The molecule has 0 atom stereocenters. The second-order valence-corrected chi connectivity index (χ2v) is 7.24. The third-order valence-corrected chi connectivity index (χ3v) is 5.03. The van der Waals surface area contributed by atoms with Gasteiger partial charge in [-0.2, -0.15) is 0 Å². The Morgan fingerprint density at radius 2 is 2.04 bits per heavy atom. The molecule has 1 aromatic carbocycles. The highest BCUT2D eigenvalue weighted by Crippen LogP contribution is 2.15. The number of guanidine groups is 1. The van der Waals surface area contributed by atoms with Crippen molar-refractivity contribution in [2.75, 3.05) is 46.3 Å². The number of likely N-dealkylation sites (tertiary alicyclic amines) is 1. The lowest BCUT2D eigenvalue weighted by Gasteiger charge is -2.29. The molecule has 27 heavy (non-hydrogen) atoms. The molecular weight excluding hydrogens is 338 g/mol. The summed E-state index contributed by atoms with van der Waals surface area (Å²) in [4.78, 5) is 19.0. The van der Waals surface area contributed by atoms with Crippen LogP contribution in [0.5, 0.6) is 0 Å². The molecule has 0 unspecified atom stereocenters. The Hall–Kier alpha value is -2.08. The normalized spacial score (nSPS) is 16.2. The van der Waals surface area contributed by atoms with Gasteiger partial charge in [0.2, 0.25) is 0 Å². The van der Waals surface area contributed by atoms with Gasteiger partial charge in [0.1, 0.15) is 0 Å². The molecule has 1 aliphatic rings. The first-order valence-electron chi connectivity index (χ1n) is 10.2. The minimum absolute atomic E-state index is 0.0492.